The highest BCUT2D eigenvalue weighted by atomic mass is 28.4. The second kappa shape index (κ2) is 20.2. The molecule has 1 aliphatic rings. The SMILES string of the molecule is CCCCCCCCCC(CCC1=CCC(O[Si](CC)(CC)CC)[C@@H]1CCC=C=CCC(=O)O)O[Si](C)(C)C(C)(C)C. The Morgan fingerprint density at radius 1 is 1.00 bits per heavy atom. The summed E-state index contributed by atoms with van der Waals surface area (Å²) in [7, 11) is -3.56. The zero-order valence-corrected chi connectivity index (χ0v) is 31.2. The lowest BCUT2D eigenvalue weighted by molar-refractivity contribution is -0.136. The van der Waals surface area contributed by atoms with Gasteiger partial charge < -0.3 is 14.0 Å². The zero-order chi connectivity index (χ0) is 31.7. The molecule has 1 N–H and O–H groups in total. The molecule has 0 aromatic rings. The van der Waals surface area contributed by atoms with Crippen LogP contribution in [0.1, 0.15) is 138 Å². The van der Waals surface area contributed by atoms with Gasteiger partial charge in [-0.2, -0.15) is 0 Å². The van der Waals surface area contributed by atoms with Crippen molar-refractivity contribution in [2.75, 3.05) is 0 Å². The van der Waals surface area contributed by atoms with Crippen molar-refractivity contribution in [1.29, 1.82) is 0 Å². The molecule has 2 unspecified atom stereocenters. The third kappa shape index (κ3) is 14.2. The van der Waals surface area contributed by atoms with Crippen molar-refractivity contribution in [3.63, 3.8) is 0 Å². The van der Waals surface area contributed by atoms with E-state index in [1.165, 1.54) is 69.5 Å². The van der Waals surface area contributed by atoms with Crippen LogP contribution in [-0.2, 0) is 13.6 Å². The molecule has 0 heterocycles. The molecule has 1 rings (SSSR count). The number of aliphatic carboxylic acids is 1. The molecule has 1 aliphatic carbocycles. The Morgan fingerprint density at radius 3 is 2.19 bits per heavy atom. The number of rotatable bonds is 23. The number of hydrogen-bond donors (Lipinski definition) is 1. The number of hydrogen-bond acceptors (Lipinski definition) is 3. The van der Waals surface area contributed by atoms with Crippen molar-refractivity contribution in [3.05, 3.63) is 29.5 Å². The van der Waals surface area contributed by atoms with E-state index in [-0.39, 0.29) is 17.6 Å². The molecule has 0 aromatic heterocycles. The molecule has 0 spiro atoms. The van der Waals surface area contributed by atoms with Gasteiger partial charge in [-0.25, -0.2) is 0 Å². The second-order valence-corrected chi connectivity index (χ2v) is 23.7. The van der Waals surface area contributed by atoms with Gasteiger partial charge in [0.15, 0.2) is 16.6 Å². The molecule has 0 amide bonds. The minimum atomic E-state index is -1.85. The van der Waals surface area contributed by atoms with E-state index in [4.69, 9.17) is 14.0 Å². The van der Waals surface area contributed by atoms with E-state index in [9.17, 15) is 4.79 Å². The fraction of sp³-hybridized carbons (Fsp3) is 0.833. The molecule has 6 heteroatoms. The van der Waals surface area contributed by atoms with Crippen LogP contribution in [0.25, 0.3) is 0 Å². The van der Waals surface area contributed by atoms with E-state index in [1.807, 2.05) is 6.08 Å². The van der Waals surface area contributed by atoms with E-state index >= 15 is 0 Å². The summed E-state index contributed by atoms with van der Waals surface area (Å²) in [6.07, 6.45) is 22.5. The molecule has 42 heavy (non-hydrogen) atoms. The van der Waals surface area contributed by atoms with Crippen LogP contribution in [0.15, 0.2) is 29.5 Å². The van der Waals surface area contributed by atoms with Gasteiger partial charge in [-0.1, -0.05) is 105 Å². The topological polar surface area (TPSA) is 55.8 Å². The number of unbranched alkanes of at least 4 members (excludes halogenated alkanes) is 6. The third-order valence-corrected chi connectivity index (χ3v) is 19.4. The molecule has 0 aliphatic heterocycles. The summed E-state index contributed by atoms with van der Waals surface area (Å²) in [6, 6.07) is 3.53. The summed E-state index contributed by atoms with van der Waals surface area (Å²) >= 11 is 0. The Balaban J connectivity index is 2.98. The van der Waals surface area contributed by atoms with Crippen molar-refractivity contribution < 1.29 is 18.8 Å². The first-order valence-corrected chi connectivity index (χ1v) is 22.9. The first-order valence-electron chi connectivity index (χ1n) is 17.5. The normalized spacial score (nSPS) is 18.5. The quantitative estimate of drug-likeness (QED) is 0.0534. The Morgan fingerprint density at radius 2 is 1.62 bits per heavy atom. The number of carboxylic acid groups (broad SMARTS) is 1. The summed E-state index contributed by atoms with van der Waals surface area (Å²) in [5, 5.41) is 9.12. The lowest BCUT2D eigenvalue weighted by Crippen LogP contribution is -2.44. The van der Waals surface area contributed by atoms with E-state index in [0.717, 1.165) is 32.1 Å². The lowest BCUT2D eigenvalue weighted by atomic mass is 9.90. The molecule has 0 saturated carbocycles. The molecule has 0 saturated heterocycles. The van der Waals surface area contributed by atoms with E-state index in [1.54, 1.807) is 11.6 Å². The van der Waals surface area contributed by atoms with Gasteiger partial charge in [-0.05, 0) is 86.9 Å². The van der Waals surface area contributed by atoms with Crippen LogP contribution in [0, 0.1) is 5.92 Å². The van der Waals surface area contributed by atoms with Crippen LogP contribution < -0.4 is 0 Å². The highest BCUT2D eigenvalue weighted by Crippen LogP contribution is 2.41. The van der Waals surface area contributed by atoms with Crippen LogP contribution in [0.2, 0.25) is 36.3 Å². The maximum atomic E-state index is 10.8. The van der Waals surface area contributed by atoms with Gasteiger partial charge in [-0.15, -0.1) is 5.73 Å². The monoisotopic (exact) mass is 620 g/mol. The minimum Gasteiger partial charge on any atom is -0.481 e. The third-order valence-electron chi connectivity index (χ3n) is 10.2. The molecular weight excluding hydrogens is 553 g/mol. The van der Waals surface area contributed by atoms with Crippen molar-refractivity contribution in [1.82, 2.24) is 0 Å². The van der Waals surface area contributed by atoms with E-state index in [0.29, 0.717) is 12.0 Å². The fourth-order valence-electron chi connectivity index (χ4n) is 6.02. The summed E-state index contributed by atoms with van der Waals surface area (Å²) in [5.74, 6) is -0.373. The molecule has 0 fully saturated rings. The first-order chi connectivity index (χ1) is 19.8. The van der Waals surface area contributed by atoms with Crippen molar-refractivity contribution >= 4 is 22.6 Å². The molecule has 3 atom stereocenters. The average Bonchev–Trinajstić information content (AvgIpc) is 3.31. The van der Waals surface area contributed by atoms with Gasteiger partial charge in [0.2, 0.25) is 0 Å². The largest absolute Gasteiger partial charge is 0.481 e. The Labute approximate surface area is 263 Å². The molecule has 0 aromatic carbocycles. The first kappa shape index (κ1) is 39.1. The van der Waals surface area contributed by atoms with Crippen LogP contribution in [0.5, 0.6) is 0 Å². The number of carboxylic acids is 1. The highest BCUT2D eigenvalue weighted by Gasteiger charge is 2.40. The smallest absolute Gasteiger partial charge is 0.307 e. The van der Waals surface area contributed by atoms with Crippen LogP contribution in [0.3, 0.4) is 0 Å². The zero-order valence-electron chi connectivity index (χ0n) is 29.2. The fourth-order valence-corrected chi connectivity index (χ4v) is 10.3. The van der Waals surface area contributed by atoms with Crippen molar-refractivity contribution in [2.24, 2.45) is 5.92 Å². The van der Waals surface area contributed by atoms with Gasteiger partial charge in [0.1, 0.15) is 0 Å². The summed E-state index contributed by atoms with van der Waals surface area (Å²) < 4.78 is 14.2. The summed E-state index contributed by atoms with van der Waals surface area (Å²) in [6.45, 7) is 21.1. The molecule has 0 bridgehead atoms. The Kier molecular flexibility index (Phi) is 18.8. The lowest BCUT2D eigenvalue weighted by Gasteiger charge is -2.39. The maximum absolute atomic E-state index is 10.8. The predicted molar refractivity (Wildman–Crippen MR) is 186 cm³/mol. The summed E-state index contributed by atoms with van der Waals surface area (Å²) in [5.41, 5.74) is 4.66. The van der Waals surface area contributed by atoms with Crippen LogP contribution >= 0.6 is 0 Å². The van der Waals surface area contributed by atoms with Crippen LogP contribution in [0.4, 0.5) is 0 Å². The predicted octanol–water partition coefficient (Wildman–Crippen LogP) is 11.6. The van der Waals surface area contributed by atoms with Crippen molar-refractivity contribution in [2.45, 2.75) is 187 Å². The molecule has 0 radical (unpaired) electrons. The Bertz CT molecular complexity index is 839. The highest BCUT2D eigenvalue weighted by molar-refractivity contribution is 6.74. The van der Waals surface area contributed by atoms with Gasteiger partial charge in [0, 0.05) is 12.0 Å². The van der Waals surface area contributed by atoms with Crippen LogP contribution in [-0.4, -0.2) is 39.9 Å². The van der Waals surface area contributed by atoms with E-state index in [2.05, 4.69) is 73.4 Å². The average molecular weight is 621 g/mol. The Hall–Kier alpha value is -0.916. The second-order valence-electron chi connectivity index (χ2n) is 14.2. The van der Waals surface area contributed by atoms with Gasteiger partial charge >= 0.3 is 5.97 Å². The molecular formula is C36H68O4Si2. The van der Waals surface area contributed by atoms with Gasteiger partial charge in [0.05, 0.1) is 12.5 Å². The molecule has 4 nitrogen and oxygen atoms in total. The summed E-state index contributed by atoms with van der Waals surface area (Å²) in [4.78, 5) is 10.8. The van der Waals surface area contributed by atoms with Crippen molar-refractivity contribution in [3.8, 4) is 0 Å². The van der Waals surface area contributed by atoms with Gasteiger partial charge in [-0.3, -0.25) is 4.79 Å². The standard InChI is InChI=1S/C36H68O4Si2/c1-10-14-15-16-17-18-21-24-32(39-41(8,9)36(5,6)7)29-27-31-28-30-34(40-42(11-2,12-3)13-4)33(31)25-22-19-20-23-26-35(37)38/h19,23,28,32-34H,10-18,21-22,24-27,29-30H2,1-9H3,(H,37,38)/t20?,32?,33-,34?/m1/s1. The molecule has 244 valence electrons. The maximum Gasteiger partial charge on any atom is 0.307 e. The number of carbonyl (C=O) groups is 1. The van der Waals surface area contributed by atoms with Gasteiger partial charge in [0.25, 0.3) is 0 Å². The minimum absolute atomic E-state index is 0.0305. The van der Waals surface area contributed by atoms with E-state index < -0.39 is 22.6 Å².